The lowest BCUT2D eigenvalue weighted by atomic mass is 10.0. The molecule has 0 aliphatic carbocycles. The third-order valence-electron chi connectivity index (χ3n) is 3.49. The molecule has 2 atom stereocenters. The van der Waals surface area contributed by atoms with Crippen LogP contribution in [0.15, 0.2) is 68.9 Å². The Balaban J connectivity index is 2.27. The Morgan fingerprint density at radius 1 is 0.923 bits per heavy atom. The Morgan fingerprint density at radius 2 is 1.46 bits per heavy atom. The molecule has 0 aromatic heterocycles. The lowest BCUT2D eigenvalue weighted by Gasteiger charge is -2.19. The SMILES string of the molecule is N#C/C(=C(/N)Sc1ccccc1N)C(C#N)C(N)Sc1ccccc1N. The van der Waals surface area contributed by atoms with Crippen LogP contribution in [-0.4, -0.2) is 5.37 Å². The number of para-hydroxylation sites is 2. The van der Waals surface area contributed by atoms with E-state index in [-0.39, 0.29) is 10.6 Å². The van der Waals surface area contributed by atoms with Crippen LogP contribution in [0.2, 0.25) is 0 Å². The minimum Gasteiger partial charge on any atom is -0.398 e. The molecule has 8 N–H and O–H groups in total. The molecule has 0 bridgehead atoms. The lowest BCUT2D eigenvalue weighted by molar-refractivity contribution is 0.749. The van der Waals surface area contributed by atoms with Crippen LogP contribution in [0, 0.1) is 28.6 Å². The monoisotopic (exact) mass is 382 g/mol. The molecule has 0 aliphatic heterocycles. The van der Waals surface area contributed by atoms with Gasteiger partial charge in [0.25, 0.3) is 0 Å². The fraction of sp³-hybridized carbons (Fsp3) is 0.111. The van der Waals surface area contributed by atoms with Crippen molar-refractivity contribution in [1.82, 2.24) is 0 Å². The number of nitriles is 2. The molecule has 0 aliphatic rings. The Bertz CT molecular complexity index is 897. The van der Waals surface area contributed by atoms with Crippen LogP contribution in [0.3, 0.4) is 0 Å². The summed E-state index contributed by atoms with van der Waals surface area (Å²) in [5.41, 5.74) is 25.3. The molecule has 0 heterocycles. The maximum Gasteiger partial charge on any atom is 0.109 e. The number of benzene rings is 2. The van der Waals surface area contributed by atoms with Crippen molar-refractivity contribution < 1.29 is 0 Å². The van der Waals surface area contributed by atoms with Crippen molar-refractivity contribution >= 4 is 34.9 Å². The molecule has 0 saturated carbocycles. The van der Waals surface area contributed by atoms with Crippen LogP contribution in [0.1, 0.15) is 0 Å². The van der Waals surface area contributed by atoms with Gasteiger partial charge in [0.2, 0.25) is 0 Å². The summed E-state index contributed by atoms with van der Waals surface area (Å²) in [5, 5.41) is 18.6. The molecule has 6 nitrogen and oxygen atoms in total. The van der Waals surface area contributed by atoms with Crippen molar-refractivity contribution in [3.05, 3.63) is 59.1 Å². The number of thioether (sulfide) groups is 2. The van der Waals surface area contributed by atoms with E-state index in [1.54, 1.807) is 24.3 Å². The van der Waals surface area contributed by atoms with Gasteiger partial charge in [0.1, 0.15) is 5.92 Å². The third kappa shape index (κ3) is 4.64. The van der Waals surface area contributed by atoms with E-state index in [0.717, 1.165) is 16.7 Å². The minimum atomic E-state index is -0.887. The molecule has 132 valence electrons. The fourth-order valence-corrected chi connectivity index (χ4v) is 3.97. The quantitative estimate of drug-likeness (QED) is 0.257. The van der Waals surface area contributed by atoms with E-state index in [9.17, 15) is 10.5 Å². The second kappa shape index (κ2) is 9.07. The van der Waals surface area contributed by atoms with Gasteiger partial charge in [-0.1, -0.05) is 36.0 Å². The predicted molar refractivity (Wildman–Crippen MR) is 107 cm³/mol. The second-order valence-electron chi connectivity index (χ2n) is 5.26. The van der Waals surface area contributed by atoms with Gasteiger partial charge in [0, 0.05) is 21.2 Å². The topological polar surface area (TPSA) is 152 Å². The first-order valence-electron chi connectivity index (χ1n) is 7.56. The van der Waals surface area contributed by atoms with Gasteiger partial charge in [-0.15, -0.1) is 11.8 Å². The summed E-state index contributed by atoms with van der Waals surface area (Å²) in [5.74, 6) is -0.887. The standard InChI is InChI=1S/C18H18N6S2/c19-9-11(17(23)25-15-7-3-1-5-13(15)21)12(10-20)18(24)26-16-8-4-2-6-14(16)22/h1-8,11,17H,21-24H2/b18-12+. The zero-order valence-corrected chi connectivity index (χ0v) is 15.4. The normalized spacial score (nSPS) is 13.8. The third-order valence-corrected chi connectivity index (χ3v) is 5.69. The smallest absolute Gasteiger partial charge is 0.109 e. The zero-order chi connectivity index (χ0) is 19.1. The number of nitrogens with zero attached hydrogens (tertiary/aromatic N) is 2. The van der Waals surface area contributed by atoms with Crippen molar-refractivity contribution in [2.24, 2.45) is 17.4 Å². The van der Waals surface area contributed by atoms with Gasteiger partial charge in [-0.2, -0.15) is 10.5 Å². The molecule has 2 rings (SSSR count). The van der Waals surface area contributed by atoms with Crippen LogP contribution >= 0.6 is 23.5 Å². The van der Waals surface area contributed by atoms with E-state index in [2.05, 4.69) is 6.07 Å². The summed E-state index contributed by atoms with van der Waals surface area (Å²) in [6.07, 6.45) is 0. The molecule has 0 fully saturated rings. The first-order chi connectivity index (χ1) is 12.5. The molecule has 8 heteroatoms. The van der Waals surface area contributed by atoms with Gasteiger partial charge in [-0.3, -0.25) is 0 Å². The van der Waals surface area contributed by atoms with E-state index < -0.39 is 11.3 Å². The van der Waals surface area contributed by atoms with Crippen LogP contribution in [-0.2, 0) is 0 Å². The van der Waals surface area contributed by atoms with Crippen LogP contribution in [0.4, 0.5) is 11.4 Å². The zero-order valence-electron chi connectivity index (χ0n) is 13.8. The highest BCUT2D eigenvalue weighted by Gasteiger charge is 2.26. The largest absolute Gasteiger partial charge is 0.398 e. The van der Waals surface area contributed by atoms with Crippen molar-refractivity contribution in [2.45, 2.75) is 15.2 Å². The average Bonchev–Trinajstić information content (AvgIpc) is 2.63. The summed E-state index contributed by atoms with van der Waals surface area (Å²) in [7, 11) is 0. The van der Waals surface area contributed by atoms with Gasteiger partial charge in [-0.25, -0.2) is 0 Å². The van der Waals surface area contributed by atoms with E-state index in [0.29, 0.717) is 16.3 Å². The Morgan fingerprint density at radius 3 is 1.96 bits per heavy atom. The summed E-state index contributed by atoms with van der Waals surface area (Å²) in [4.78, 5) is 1.46. The highest BCUT2D eigenvalue weighted by atomic mass is 32.2. The van der Waals surface area contributed by atoms with E-state index in [1.807, 2.05) is 30.3 Å². The number of hydrogen-bond acceptors (Lipinski definition) is 8. The van der Waals surface area contributed by atoms with Crippen molar-refractivity contribution in [3.63, 3.8) is 0 Å². The summed E-state index contributed by atoms with van der Waals surface area (Å²) < 4.78 is 0. The summed E-state index contributed by atoms with van der Waals surface area (Å²) >= 11 is 2.37. The molecule has 26 heavy (non-hydrogen) atoms. The van der Waals surface area contributed by atoms with Crippen LogP contribution < -0.4 is 22.9 Å². The maximum absolute atomic E-state index is 9.57. The molecule has 2 unspecified atom stereocenters. The fourth-order valence-electron chi connectivity index (χ4n) is 2.13. The van der Waals surface area contributed by atoms with Gasteiger partial charge in [0.05, 0.1) is 28.1 Å². The second-order valence-corrected chi connectivity index (χ2v) is 7.56. The van der Waals surface area contributed by atoms with Gasteiger partial charge < -0.3 is 22.9 Å². The maximum atomic E-state index is 9.57. The predicted octanol–water partition coefficient (Wildman–Crippen LogP) is 2.85. The van der Waals surface area contributed by atoms with E-state index in [4.69, 9.17) is 22.9 Å². The summed E-state index contributed by atoms with van der Waals surface area (Å²) in [6.45, 7) is 0. The average molecular weight is 383 g/mol. The van der Waals surface area contributed by atoms with E-state index in [1.165, 1.54) is 11.8 Å². The highest BCUT2D eigenvalue weighted by molar-refractivity contribution is 8.03. The van der Waals surface area contributed by atoms with Crippen LogP contribution in [0.5, 0.6) is 0 Å². The first kappa shape index (κ1) is 19.5. The number of hydrogen-bond donors (Lipinski definition) is 4. The Hall–Kier alpha value is -2.78. The number of nitrogen functional groups attached to an aromatic ring is 2. The first-order valence-corrected chi connectivity index (χ1v) is 9.26. The van der Waals surface area contributed by atoms with Gasteiger partial charge in [0.15, 0.2) is 0 Å². The minimum absolute atomic E-state index is 0.121. The molecular formula is C18H18N6S2. The molecule has 0 radical (unpaired) electrons. The summed E-state index contributed by atoms with van der Waals surface area (Å²) in [6, 6.07) is 18.5. The molecule has 0 spiro atoms. The molecule has 2 aromatic carbocycles. The van der Waals surface area contributed by atoms with Crippen molar-refractivity contribution in [1.29, 1.82) is 10.5 Å². The van der Waals surface area contributed by atoms with Crippen molar-refractivity contribution in [3.8, 4) is 12.1 Å². The molecule has 0 amide bonds. The van der Waals surface area contributed by atoms with Gasteiger partial charge in [-0.05, 0) is 24.3 Å². The highest BCUT2D eigenvalue weighted by Crippen LogP contribution is 2.36. The molecular weight excluding hydrogens is 364 g/mol. The van der Waals surface area contributed by atoms with Crippen molar-refractivity contribution in [2.75, 3.05) is 11.5 Å². The molecule has 0 saturated heterocycles. The Labute approximate surface area is 160 Å². The Kier molecular flexibility index (Phi) is 6.81. The van der Waals surface area contributed by atoms with Gasteiger partial charge >= 0.3 is 0 Å². The number of nitrogens with two attached hydrogens (primary N) is 4. The molecule has 2 aromatic rings. The van der Waals surface area contributed by atoms with E-state index >= 15 is 0 Å². The van der Waals surface area contributed by atoms with Crippen LogP contribution in [0.25, 0.3) is 0 Å². The number of anilines is 2. The number of rotatable bonds is 6. The lowest BCUT2D eigenvalue weighted by Crippen LogP contribution is -2.28.